The number of amides is 1. The number of allylic oxidation sites excluding steroid dienone is 1. The van der Waals surface area contributed by atoms with Crippen molar-refractivity contribution in [2.75, 3.05) is 41.7 Å². The molecule has 0 aliphatic carbocycles. The van der Waals surface area contributed by atoms with Gasteiger partial charge in [0.25, 0.3) is 0 Å². The summed E-state index contributed by atoms with van der Waals surface area (Å²) in [6, 6.07) is 8.08. The summed E-state index contributed by atoms with van der Waals surface area (Å²) in [6.45, 7) is 8.42. The fourth-order valence-electron chi connectivity index (χ4n) is 3.09. The lowest BCUT2D eigenvalue weighted by molar-refractivity contribution is -0.114. The Bertz CT molecular complexity index is 897. The summed E-state index contributed by atoms with van der Waals surface area (Å²) >= 11 is 0. The molecule has 1 saturated heterocycles. The van der Waals surface area contributed by atoms with Crippen LogP contribution < -0.4 is 15.5 Å². The molecule has 2 N–H and O–H groups in total. The van der Waals surface area contributed by atoms with Crippen LogP contribution in [0.15, 0.2) is 36.2 Å². The fraction of sp³-hybridized carbons (Fsp3) is 0.350. The van der Waals surface area contributed by atoms with Gasteiger partial charge in [-0.15, -0.1) is 0 Å². The molecule has 1 aromatic carbocycles. The molecule has 0 unspecified atom stereocenters. The smallest absolute Gasteiger partial charge is 0.227 e. The molecule has 8 nitrogen and oxygen atoms in total. The van der Waals surface area contributed by atoms with E-state index >= 15 is 0 Å². The Morgan fingerprint density at radius 1 is 1.11 bits per heavy atom. The molecule has 1 aliphatic rings. The summed E-state index contributed by atoms with van der Waals surface area (Å²) in [7, 11) is 0. The van der Waals surface area contributed by atoms with E-state index in [9.17, 15) is 9.59 Å². The summed E-state index contributed by atoms with van der Waals surface area (Å²) in [5, 5.41) is 5.88. The maximum absolute atomic E-state index is 11.2. The minimum Gasteiger partial charge on any atom is -0.368 e. The van der Waals surface area contributed by atoms with Gasteiger partial charge >= 0.3 is 0 Å². The van der Waals surface area contributed by atoms with Gasteiger partial charge in [-0.3, -0.25) is 4.79 Å². The Morgan fingerprint density at radius 2 is 1.79 bits per heavy atom. The van der Waals surface area contributed by atoms with E-state index < -0.39 is 0 Å². The van der Waals surface area contributed by atoms with Crippen molar-refractivity contribution in [2.24, 2.45) is 0 Å². The quantitative estimate of drug-likeness (QED) is 0.770. The molecular formula is C20H24N6O2. The number of benzene rings is 1. The first-order valence-corrected chi connectivity index (χ1v) is 9.16. The van der Waals surface area contributed by atoms with E-state index in [1.165, 1.54) is 6.92 Å². The van der Waals surface area contributed by atoms with Gasteiger partial charge in [0.05, 0.1) is 23.3 Å². The maximum Gasteiger partial charge on any atom is 0.227 e. The third kappa shape index (κ3) is 4.66. The van der Waals surface area contributed by atoms with Crippen molar-refractivity contribution < 1.29 is 9.59 Å². The van der Waals surface area contributed by atoms with Gasteiger partial charge in [-0.25, -0.2) is 14.8 Å². The first-order valence-electron chi connectivity index (χ1n) is 9.16. The summed E-state index contributed by atoms with van der Waals surface area (Å²) in [5.74, 6) is 2.29. The molecule has 28 heavy (non-hydrogen) atoms. The van der Waals surface area contributed by atoms with E-state index in [0.29, 0.717) is 23.0 Å². The molecule has 1 amide bonds. The minimum absolute atomic E-state index is 0.152. The number of carbonyl (C=O) groups excluding carboxylic acids is 2. The number of anilines is 4. The van der Waals surface area contributed by atoms with Gasteiger partial charge in [-0.05, 0) is 38.1 Å². The predicted molar refractivity (Wildman–Crippen MR) is 109 cm³/mol. The van der Waals surface area contributed by atoms with Crippen molar-refractivity contribution in [3.8, 4) is 0 Å². The third-order valence-electron chi connectivity index (χ3n) is 4.68. The van der Waals surface area contributed by atoms with Crippen molar-refractivity contribution in [2.45, 2.75) is 20.8 Å². The molecule has 146 valence electrons. The number of piperazine rings is 1. The topological polar surface area (TPSA) is 90.5 Å². The van der Waals surface area contributed by atoms with Crippen molar-refractivity contribution in [1.29, 1.82) is 0 Å². The highest BCUT2D eigenvalue weighted by atomic mass is 16.1. The maximum atomic E-state index is 11.2. The first-order chi connectivity index (χ1) is 13.5. The number of rotatable bonds is 5. The molecule has 2 heterocycles. The number of nitrogens with zero attached hydrogens (tertiary/aromatic N) is 4. The van der Waals surface area contributed by atoms with Crippen LogP contribution in [0.25, 0.3) is 0 Å². The Kier molecular flexibility index (Phi) is 5.91. The molecule has 3 rings (SSSR count). The zero-order valence-corrected chi connectivity index (χ0v) is 16.3. The van der Waals surface area contributed by atoms with Gasteiger partial charge in [-0.2, -0.15) is 0 Å². The largest absolute Gasteiger partial charge is 0.368 e. The fourth-order valence-corrected chi connectivity index (χ4v) is 3.09. The van der Waals surface area contributed by atoms with Crippen molar-refractivity contribution >= 4 is 34.9 Å². The SMILES string of the molecule is CC(=O)Nc1cnc(Nc2ccc(N3CCN(C(C)=C=O)CC3)cc2)nc1C. The number of hydrogen-bond acceptors (Lipinski definition) is 7. The van der Waals surface area contributed by atoms with Crippen molar-refractivity contribution in [1.82, 2.24) is 14.9 Å². The van der Waals surface area contributed by atoms with E-state index in [0.717, 1.165) is 37.6 Å². The van der Waals surface area contributed by atoms with Crippen LogP contribution in [-0.2, 0) is 9.59 Å². The Labute approximate surface area is 164 Å². The second kappa shape index (κ2) is 8.54. The molecule has 0 bridgehead atoms. The zero-order chi connectivity index (χ0) is 20.1. The van der Waals surface area contributed by atoms with Gasteiger partial charge in [0.15, 0.2) is 0 Å². The monoisotopic (exact) mass is 380 g/mol. The highest BCUT2D eigenvalue weighted by molar-refractivity contribution is 5.89. The van der Waals surface area contributed by atoms with Crippen LogP contribution in [0.4, 0.5) is 23.0 Å². The Balaban J connectivity index is 1.61. The number of aryl methyl sites for hydroxylation is 1. The Morgan fingerprint density at radius 3 is 2.36 bits per heavy atom. The van der Waals surface area contributed by atoms with Crippen LogP contribution in [-0.4, -0.2) is 52.9 Å². The van der Waals surface area contributed by atoms with Crippen LogP contribution in [0.5, 0.6) is 0 Å². The highest BCUT2D eigenvalue weighted by Gasteiger charge is 2.17. The molecule has 0 radical (unpaired) electrons. The van der Waals surface area contributed by atoms with Crippen LogP contribution in [0.3, 0.4) is 0 Å². The number of nitrogens with one attached hydrogen (secondary N) is 2. The molecule has 0 spiro atoms. The average molecular weight is 380 g/mol. The third-order valence-corrected chi connectivity index (χ3v) is 4.68. The van der Waals surface area contributed by atoms with Gasteiger partial charge < -0.3 is 20.4 Å². The minimum atomic E-state index is -0.152. The van der Waals surface area contributed by atoms with E-state index in [4.69, 9.17) is 0 Å². The molecule has 1 aromatic heterocycles. The summed E-state index contributed by atoms with van der Waals surface area (Å²) in [4.78, 5) is 34.9. The van der Waals surface area contributed by atoms with Gasteiger partial charge in [0.1, 0.15) is 5.94 Å². The van der Waals surface area contributed by atoms with Crippen LogP contribution >= 0.6 is 0 Å². The lowest BCUT2D eigenvalue weighted by Crippen LogP contribution is -2.45. The van der Waals surface area contributed by atoms with Crippen LogP contribution in [0, 0.1) is 6.92 Å². The normalized spacial score (nSPS) is 13.7. The zero-order valence-electron chi connectivity index (χ0n) is 16.3. The number of aromatic nitrogens is 2. The average Bonchev–Trinajstić information content (AvgIpc) is 2.70. The summed E-state index contributed by atoms with van der Waals surface area (Å²) in [6.07, 6.45) is 1.59. The van der Waals surface area contributed by atoms with Crippen LogP contribution in [0.2, 0.25) is 0 Å². The number of carbonyl (C=O) groups is 1. The van der Waals surface area contributed by atoms with Gasteiger partial charge in [0.2, 0.25) is 11.9 Å². The molecule has 2 aromatic rings. The molecule has 8 heteroatoms. The van der Waals surface area contributed by atoms with Crippen LogP contribution in [0.1, 0.15) is 19.5 Å². The Hall–Kier alpha value is -3.38. The number of hydrogen-bond donors (Lipinski definition) is 2. The van der Waals surface area contributed by atoms with E-state index in [-0.39, 0.29) is 5.91 Å². The first kappa shape index (κ1) is 19.4. The standard InChI is InChI=1S/C20H24N6O2/c1-14(13-27)25-8-10-26(11-9-25)18-6-4-17(5-7-18)24-20-21-12-19(15(2)22-20)23-16(3)28/h4-7,12H,8-11H2,1-3H3,(H,23,28)(H,21,22,24). The van der Waals surface area contributed by atoms with Crippen molar-refractivity contribution in [3.63, 3.8) is 0 Å². The lowest BCUT2D eigenvalue weighted by atomic mass is 10.2. The lowest BCUT2D eigenvalue weighted by Gasteiger charge is -2.36. The van der Waals surface area contributed by atoms with E-state index in [1.54, 1.807) is 13.1 Å². The second-order valence-corrected chi connectivity index (χ2v) is 6.71. The van der Waals surface area contributed by atoms with E-state index in [2.05, 4.69) is 42.5 Å². The molecule has 0 saturated carbocycles. The predicted octanol–water partition coefficient (Wildman–Crippen LogP) is 2.34. The van der Waals surface area contributed by atoms with Gasteiger partial charge in [0, 0.05) is 44.5 Å². The van der Waals surface area contributed by atoms with E-state index in [1.807, 2.05) is 25.0 Å². The molecule has 0 atom stereocenters. The molecule has 1 aliphatic heterocycles. The van der Waals surface area contributed by atoms with Crippen molar-refractivity contribution in [3.05, 3.63) is 41.9 Å². The van der Waals surface area contributed by atoms with Gasteiger partial charge in [-0.1, -0.05) is 0 Å². The summed E-state index contributed by atoms with van der Waals surface area (Å²) in [5.41, 5.74) is 3.98. The molecular weight excluding hydrogens is 356 g/mol. The summed E-state index contributed by atoms with van der Waals surface area (Å²) < 4.78 is 0. The second-order valence-electron chi connectivity index (χ2n) is 6.71. The molecule has 1 fully saturated rings. The highest BCUT2D eigenvalue weighted by Crippen LogP contribution is 2.22.